The summed E-state index contributed by atoms with van der Waals surface area (Å²) < 4.78 is 28.6. The number of rotatable bonds is 9. The van der Waals surface area contributed by atoms with E-state index in [1.807, 2.05) is 60.7 Å². The molecule has 8 nitrogen and oxygen atoms in total. The number of fused-ring (bicyclic) bond motifs is 1. The fourth-order valence-corrected chi connectivity index (χ4v) is 4.18. The molecule has 0 radical (unpaired) electrons. The molecule has 4 aromatic carbocycles. The topological polar surface area (TPSA) is 108 Å². The van der Waals surface area contributed by atoms with E-state index in [2.05, 4.69) is 0 Å². The second kappa shape index (κ2) is 11.1. The second-order valence-corrected chi connectivity index (χ2v) is 8.65. The molecule has 39 heavy (non-hydrogen) atoms. The van der Waals surface area contributed by atoms with Gasteiger partial charge in [0.2, 0.25) is 16.9 Å². The molecule has 5 rings (SSSR count). The number of ether oxygens (including phenoxy) is 4. The number of hydrogen-bond acceptors (Lipinski definition) is 8. The van der Waals surface area contributed by atoms with Crippen LogP contribution in [-0.2, 0) is 13.2 Å². The van der Waals surface area contributed by atoms with Crippen molar-refractivity contribution in [1.82, 2.24) is 0 Å². The molecule has 5 aromatic rings. The van der Waals surface area contributed by atoms with Crippen molar-refractivity contribution in [1.29, 1.82) is 0 Å². The highest BCUT2D eigenvalue weighted by Crippen LogP contribution is 2.44. The third-order valence-electron chi connectivity index (χ3n) is 6.16. The van der Waals surface area contributed by atoms with E-state index in [1.165, 1.54) is 20.3 Å². The van der Waals surface area contributed by atoms with Crippen LogP contribution in [0.5, 0.6) is 34.5 Å². The predicted molar refractivity (Wildman–Crippen MR) is 146 cm³/mol. The monoisotopic (exact) mass is 526 g/mol. The summed E-state index contributed by atoms with van der Waals surface area (Å²) in [6.07, 6.45) is 0. The zero-order valence-corrected chi connectivity index (χ0v) is 21.3. The Morgan fingerprint density at radius 1 is 0.692 bits per heavy atom. The first-order valence-electron chi connectivity index (χ1n) is 12.1. The smallest absolute Gasteiger partial charge is 0.238 e. The van der Waals surface area contributed by atoms with Gasteiger partial charge in [-0.05, 0) is 29.3 Å². The summed E-state index contributed by atoms with van der Waals surface area (Å²) in [5.74, 6) is -0.262. The molecule has 1 aromatic heterocycles. The minimum absolute atomic E-state index is 0.0116. The van der Waals surface area contributed by atoms with E-state index < -0.39 is 16.9 Å². The third kappa shape index (κ3) is 5.17. The molecule has 0 aliphatic heterocycles. The molecular weight excluding hydrogens is 500 g/mol. The van der Waals surface area contributed by atoms with E-state index in [4.69, 9.17) is 23.4 Å². The maximum absolute atomic E-state index is 13.2. The van der Waals surface area contributed by atoms with Crippen LogP contribution in [0.3, 0.4) is 0 Å². The summed E-state index contributed by atoms with van der Waals surface area (Å²) in [7, 11) is 2.84. The molecule has 0 aliphatic carbocycles. The van der Waals surface area contributed by atoms with Crippen LogP contribution < -0.4 is 24.4 Å². The third-order valence-corrected chi connectivity index (χ3v) is 6.16. The first-order chi connectivity index (χ1) is 19.0. The van der Waals surface area contributed by atoms with Crippen LogP contribution in [0, 0.1) is 0 Å². The lowest BCUT2D eigenvalue weighted by atomic mass is 10.1. The molecule has 2 N–H and O–H groups in total. The number of phenols is 1. The molecule has 8 heteroatoms. The Hall–Kier alpha value is -5.11. The van der Waals surface area contributed by atoms with Crippen molar-refractivity contribution in [3.05, 3.63) is 106 Å². The molecule has 0 spiro atoms. The van der Waals surface area contributed by atoms with Crippen molar-refractivity contribution in [3.8, 4) is 45.8 Å². The van der Waals surface area contributed by atoms with Crippen molar-refractivity contribution in [2.45, 2.75) is 13.2 Å². The average Bonchev–Trinajstić information content (AvgIpc) is 2.97. The van der Waals surface area contributed by atoms with Crippen molar-refractivity contribution in [2.24, 2.45) is 0 Å². The molecule has 0 saturated carbocycles. The Bertz CT molecular complexity index is 1660. The van der Waals surface area contributed by atoms with Gasteiger partial charge in [0.05, 0.1) is 14.2 Å². The van der Waals surface area contributed by atoms with E-state index in [9.17, 15) is 15.0 Å². The van der Waals surface area contributed by atoms with Crippen LogP contribution >= 0.6 is 0 Å². The van der Waals surface area contributed by atoms with Gasteiger partial charge in [-0.1, -0.05) is 60.7 Å². The Balaban J connectivity index is 1.53. The normalized spacial score (nSPS) is 10.8. The van der Waals surface area contributed by atoms with E-state index in [1.54, 1.807) is 18.2 Å². The number of hydrogen-bond donors (Lipinski definition) is 2. The zero-order valence-electron chi connectivity index (χ0n) is 21.3. The number of phenolic OH excluding ortho intramolecular Hbond substituents is 1. The van der Waals surface area contributed by atoms with Crippen LogP contribution in [0.4, 0.5) is 0 Å². The van der Waals surface area contributed by atoms with Crippen molar-refractivity contribution in [2.75, 3.05) is 14.2 Å². The van der Waals surface area contributed by atoms with Gasteiger partial charge in [-0.15, -0.1) is 0 Å². The summed E-state index contributed by atoms with van der Waals surface area (Å²) >= 11 is 0. The Kier molecular flexibility index (Phi) is 7.27. The van der Waals surface area contributed by atoms with E-state index >= 15 is 0 Å². The van der Waals surface area contributed by atoms with Crippen LogP contribution in [0.1, 0.15) is 11.1 Å². The van der Waals surface area contributed by atoms with Gasteiger partial charge in [0, 0.05) is 11.6 Å². The highest BCUT2D eigenvalue weighted by molar-refractivity contribution is 5.91. The van der Waals surface area contributed by atoms with Crippen LogP contribution in [0.25, 0.3) is 22.3 Å². The Morgan fingerprint density at radius 3 is 1.90 bits per heavy atom. The maximum Gasteiger partial charge on any atom is 0.238 e. The fourth-order valence-electron chi connectivity index (χ4n) is 4.18. The minimum Gasteiger partial charge on any atom is -0.504 e. The molecule has 0 bridgehead atoms. The lowest BCUT2D eigenvalue weighted by Crippen LogP contribution is -2.05. The second-order valence-electron chi connectivity index (χ2n) is 8.65. The Morgan fingerprint density at radius 2 is 1.31 bits per heavy atom. The maximum atomic E-state index is 13.2. The molecule has 1 heterocycles. The fraction of sp³-hybridized carbons (Fsp3) is 0.129. The Labute approximate surface area is 224 Å². The first kappa shape index (κ1) is 25.5. The van der Waals surface area contributed by atoms with Gasteiger partial charge in [0.15, 0.2) is 28.8 Å². The van der Waals surface area contributed by atoms with Gasteiger partial charge >= 0.3 is 0 Å². The van der Waals surface area contributed by atoms with Crippen LogP contribution in [0.15, 0.2) is 94.1 Å². The van der Waals surface area contributed by atoms with Gasteiger partial charge < -0.3 is 33.6 Å². The molecule has 0 fully saturated rings. The molecular formula is C31H26O8. The molecule has 0 unspecified atom stereocenters. The van der Waals surface area contributed by atoms with Gasteiger partial charge in [-0.25, -0.2) is 0 Å². The highest BCUT2D eigenvalue weighted by Gasteiger charge is 2.24. The molecule has 0 aliphatic rings. The standard InChI is InChI=1S/C31H26O8/c1-35-23-15-21(13-14-22(23)37-17-19-9-5-3-6-10-19)30-29(34)27(32)26-24(39-30)16-25(31(36-2)28(26)33)38-18-20-11-7-4-8-12-20/h3-16,33-34H,17-18H2,1-2H3. The predicted octanol–water partition coefficient (Wildman–Crippen LogP) is 6.05. The van der Waals surface area contributed by atoms with Gasteiger partial charge in [0.25, 0.3) is 0 Å². The van der Waals surface area contributed by atoms with Gasteiger partial charge in [0.1, 0.15) is 24.2 Å². The van der Waals surface area contributed by atoms with E-state index in [0.29, 0.717) is 23.7 Å². The van der Waals surface area contributed by atoms with Crippen molar-refractivity contribution < 1.29 is 33.6 Å². The van der Waals surface area contributed by atoms with Crippen molar-refractivity contribution in [3.63, 3.8) is 0 Å². The number of aromatic hydroxyl groups is 2. The van der Waals surface area contributed by atoms with E-state index in [-0.39, 0.29) is 34.8 Å². The lowest BCUT2D eigenvalue weighted by molar-refractivity contribution is 0.278. The van der Waals surface area contributed by atoms with Crippen LogP contribution in [-0.4, -0.2) is 24.4 Å². The highest BCUT2D eigenvalue weighted by atomic mass is 16.5. The van der Waals surface area contributed by atoms with Crippen LogP contribution in [0.2, 0.25) is 0 Å². The summed E-state index contributed by atoms with van der Waals surface area (Å²) in [5.41, 5.74) is 1.45. The zero-order chi connectivity index (χ0) is 27.4. The van der Waals surface area contributed by atoms with Gasteiger partial charge in [-0.2, -0.15) is 0 Å². The number of methoxy groups -OCH3 is 2. The summed E-state index contributed by atoms with van der Waals surface area (Å²) in [6.45, 7) is 0.526. The first-order valence-corrected chi connectivity index (χ1v) is 12.1. The summed E-state index contributed by atoms with van der Waals surface area (Å²) in [4.78, 5) is 13.2. The van der Waals surface area contributed by atoms with Crippen molar-refractivity contribution >= 4 is 11.0 Å². The van der Waals surface area contributed by atoms with E-state index in [0.717, 1.165) is 11.1 Å². The molecule has 198 valence electrons. The minimum atomic E-state index is -0.819. The summed E-state index contributed by atoms with van der Waals surface area (Å²) in [5, 5.41) is 21.4. The summed E-state index contributed by atoms with van der Waals surface area (Å²) in [6, 6.07) is 25.5. The number of benzene rings is 4. The quantitative estimate of drug-likeness (QED) is 0.239. The molecule has 0 atom stereocenters. The average molecular weight is 527 g/mol. The molecule has 0 saturated heterocycles. The molecule has 0 amide bonds. The largest absolute Gasteiger partial charge is 0.504 e. The SMILES string of the molecule is COc1cc(-c2oc3cc(OCc4ccccc4)c(OC)c(O)c3c(=O)c2O)ccc1OCc1ccccc1. The van der Waals surface area contributed by atoms with Gasteiger partial charge in [-0.3, -0.25) is 4.79 Å². The lowest BCUT2D eigenvalue weighted by Gasteiger charge is -2.15.